The van der Waals surface area contributed by atoms with Gasteiger partial charge in [0.1, 0.15) is 0 Å². The first-order valence-corrected chi connectivity index (χ1v) is 20.9. The summed E-state index contributed by atoms with van der Waals surface area (Å²) in [6, 6.07) is 79.4. The van der Waals surface area contributed by atoms with Crippen LogP contribution in [-0.4, -0.2) is 24.1 Å². The van der Waals surface area contributed by atoms with Crippen LogP contribution in [0.3, 0.4) is 0 Å². The quantitative estimate of drug-likeness (QED) is 0.162. The van der Waals surface area contributed by atoms with Crippen LogP contribution in [0.4, 0.5) is 0 Å². The molecule has 0 aliphatic rings. The van der Waals surface area contributed by atoms with Gasteiger partial charge in [-0.05, 0) is 93.0 Å². The Morgan fingerprint density at radius 2 is 0.597 bits per heavy atom. The SMILES string of the molecule is c1ccc(-c2cc(-c3cccc(-c4nc(-n5c6ccccc6c6ccccc65)nc(-n5c6ccccc6c6ccccc65)n4)c3)cc(-c3ccccc3-c3ccccc3)c2)cc1. The Morgan fingerprint density at radius 1 is 0.242 bits per heavy atom. The first-order chi connectivity index (χ1) is 30.7. The summed E-state index contributed by atoms with van der Waals surface area (Å²) in [5, 5.41) is 4.59. The molecular weight excluding hydrogens is 755 g/mol. The lowest BCUT2D eigenvalue weighted by molar-refractivity contribution is 0.893. The van der Waals surface area contributed by atoms with Crippen LogP contribution in [0.25, 0.3) is 111 Å². The van der Waals surface area contributed by atoms with Crippen LogP contribution in [0.1, 0.15) is 0 Å². The molecule has 0 saturated carbocycles. The lowest BCUT2D eigenvalue weighted by atomic mass is 9.89. The molecule has 5 heteroatoms. The number of benzene rings is 9. The van der Waals surface area contributed by atoms with Crippen molar-refractivity contribution in [2.75, 3.05) is 0 Å². The van der Waals surface area contributed by atoms with Gasteiger partial charge in [-0.2, -0.15) is 15.0 Å². The molecular formula is C57H37N5. The van der Waals surface area contributed by atoms with Gasteiger partial charge in [0.2, 0.25) is 11.9 Å². The molecule has 0 fully saturated rings. The van der Waals surface area contributed by atoms with Crippen LogP contribution in [0.15, 0.2) is 224 Å². The third-order valence-electron chi connectivity index (χ3n) is 12.0. The molecule has 12 rings (SSSR count). The van der Waals surface area contributed by atoms with Gasteiger partial charge in [0, 0.05) is 27.1 Å². The molecule has 0 amide bonds. The zero-order valence-electron chi connectivity index (χ0n) is 33.6. The molecule has 3 heterocycles. The van der Waals surface area contributed by atoms with E-state index in [-0.39, 0.29) is 0 Å². The molecule has 0 radical (unpaired) electrons. The maximum Gasteiger partial charge on any atom is 0.240 e. The van der Waals surface area contributed by atoms with Crippen molar-refractivity contribution in [1.82, 2.24) is 24.1 Å². The molecule has 0 aliphatic carbocycles. The van der Waals surface area contributed by atoms with Gasteiger partial charge in [-0.3, -0.25) is 9.13 Å². The Labute approximate surface area is 358 Å². The van der Waals surface area contributed by atoms with E-state index in [1.165, 1.54) is 16.7 Å². The first kappa shape index (κ1) is 35.5. The molecule has 3 aromatic heterocycles. The van der Waals surface area contributed by atoms with Gasteiger partial charge in [-0.25, -0.2) is 0 Å². The van der Waals surface area contributed by atoms with Crippen molar-refractivity contribution < 1.29 is 0 Å². The summed E-state index contributed by atoms with van der Waals surface area (Å²) in [6.45, 7) is 0. The fourth-order valence-electron chi connectivity index (χ4n) is 9.15. The average Bonchev–Trinajstić information content (AvgIpc) is 3.87. The van der Waals surface area contributed by atoms with Crippen molar-refractivity contribution >= 4 is 43.6 Å². The number of aromatic nitrogens is 5. The Morgan fingerprint density at radius 3 is 1.11 bits per heavy atom. The molecule has 0 unspecified atom stereocenters. The molecule has 0 bridgehead atoms. The van der Waals surface area contributed by atoms with Crippen LogP contribution < -0.4 is 0 Å². The standard InChI is InChI=1S/C57H37N5/c1-3-18-38(19-4-1)42-35-43(37-44(36-42)46-25-8-7-24-45(46)39-20-5-2-6-21-39)40-22-17-23-41(34-40)55-58-56(61-51-30-13-9-26-47(51)48-27-10-14-31-52(48)61)60-57(59-55)62-53-32-15-11-28-49(53)50-29-12-16-33-54(50)62/h1-37H. The van der Waals surface area contributed by atoms with E-state index in [0.29, 0.717) is 17.7 Å². The van der Waals surface area contributed by atoms with E-state index >= 15 is 0 Å². The van der Waals surface area contributed by atoms with Crippen molar-refractivity contribution in [2.45, 2.75) is 0 Å². The van der Waals surface area contributed by atoms with E-state index in [0.717, 1.165) is 77.0 Å². The lowest BCUT2D eigenvalue weighted by Crippen LogP contribution is -2.10. The Balaban J connectivity index is 1.09. The Kier molecular flexibility index (Phi) is 8.42. The second-order valence-corrected chi connectivity index (χ2v) is 15.7. The summed E-state index contributed by atoms with van der Waals surface area (Å²) in [6.07, 6.45) is 0. The van der Waals surface area contributed by atoms with Crippen LogP contribution >= 0.6 is 0 Å². The van der Waals surface area contributed by atoms with Crippen molar-refractivity contribution in [3.63, 3.8) is 0 Å². The van der Waals surface area contributed by atoms with Crippen molar-refractivity contribution in [3.05, 3.63) is 224 Å². The van der Waals surface area contributed by atoms with Crippen molar-refractivity contribution in [3.8, 4) is 67.8 Å². The highest BCUT2D eigenvalue weighted by molar-refractivity contribution is 6.10. The Bertz CT molecular complexity index is 3400. The van der Waals surface area contributed by atoms with Gasteiger partial charge in [0.15, 0.2) is 5.82 Å². The number of fused-ring (bicyclic) bond motifs is 6. The van der Waals surface area contributed by atoms with Crippen LogP contribution in [0, 0.1) is 0 Å². The zero-order chi connectivity index (χ0) is 41.0. The molecule has 9 aromatic carbocycles. The summed E-state index contributed by atoms with van der Waals surface area (Å²) in [4.78, 5) is 16.1. The molecule has 62 heavy (non-hydrogen) atoms. The number of hydrogen-bond acceptors (Lipinski definition) is 3. The van der Waals surface area contributed by atoms with Gasteiger partial charge in [0.05, 0.1) is 22.1 Å². The highest BCUT2D eigenvalue weighted by Crippen LogP contribution is 2.39. The van der Waals surface area contributed by atoms with Gasteiger partial charge >= 0.3 is 0 Å². The Hall–Kier alpha value is -8.41. The summed E-state index contributed by atoms with van der Waals surface area (Å²) < 4.78 is 4.35. The summed E-state index contributed by atoms with van der Waals surface area (Å²) >= 11 is 0. The molecule has 290 valence electrons. The molecule has 0 atom stereocenters. The van der Waals surface area contributed by atoms with Crippen molar-refractivity contribution in [2.24, 2.45) is 0 Å². The second-order valence-electron chi connectivity index (χ2n) is 15.7. The maximum absolute atomic E-state index is 5.35. The fraction of sp³-hybridized carbons (Fsp3) is 0. The number of rotatable bonds is 7. The fourth-order valence-corrected chi connectivity index (χ4v) is 9.15. The summed E-state index contributed by atoms with van der Waals surface area (Å²) in [7, 11) is 0. The molecule has 0 N–H and O–H groups in total. The topological polar surface area (TPSA) is 48.5 Å². The van der Waals surface area contributed by atoms with Gasteiger partial charge in [-0.15, -0.1) is 0 Å². The van der Waals surface area contributed by atoms with E-state index in [2.05, 4.69) is 234 Å². The second kappa shape index (κ2) is 14.7. The average molecular weight is 792 g/mol. The van der Waals surface area contributed by atoms with E-state index < -0.39 is 0 Å². The molecule has 0 saturated heterocycles. The van der Waals surface area contributed by atoms with Gasteiger partial charge < -0.3 is 0 Å². The third-order valence-corrected chi connectivity index (χ3v) is 12.0. The van der Waals surface area contributed by atoms with Crippen LogP contribution in [-0.2, 0) is 0 Å². The van der Waals surface area contributed by atoms with E-state index in [1.807, 2.05) is 0 Å². The lowest BCUT2D eigenvalue weighted by Gasteiger charge is -2.15. The summed E-state index contributed by atoms with van der Waals surface area (Å²) in [5.41, 5.74) is 14.2. The van der Waals surface area contributed by atoms with Crippen LogP contribution in [0.5, 0.6) is 0 Å². The minimum absolute atomic E-state index is 0.556. The highest BCUT2D eigenvalue weighted by atomic mass is 15.3. The molecule has 0 spiro atoms. The predicted octanol–water partition coefficient (Wildman–Crippen LogP) is 14.4. The highest BCUT2D eigenvalue weighted by Gasteiger charge is 2.21. The number of hydrogen-bond donors (Lipinski definition) is 0. The monoisotopic (exact) mass is 791 g/mol. The van der Waals surface area contributed by atoms with E-state index in [1.54, 1.807) is 0 Å². The van der Waals surface area contributed by atoms with Gasteiger partial charge in [0.25, 0.3) is 0 Å². The zero-order valence-corrected chi connectivity index (χ0v) is 33.6. The molecule has 0 aliphatic heterocycles. The predicted molar refractivity (Wildman–Crippen MR) is 256 cm³/mol. The first-order valence-electron chi connectivity index (χ1n) is 20.9. The van der Waals surface area contributed by atoms with Crippen LogP contribution in [0.2, 0.25) is 0 Å². The minimum atomic E-state index is 0.556. The smallest absolute Gasteiger partial charge is 0.240 e. The normalized spacial score (nSPS) is 11.5. The maximum atomic E-state index is 5.35. The largest absolute Gasteiger partial charge is 0.278 e. The minimum Gasteiger partial charge on any atom is -0.278 e. The number of para-hydroxylation sites is 4. The van der Waals surface area contributed by atoms with E-state index in [4.69, 9.17) is 15.0 Å². The summed E-state index contributed by atoms with van der Waals surface area (Å²) in [5.74, 6) is 1.70. The molecule has 12 aromatic rings. The third kappa shape index (κ3) is 5.98. The molecule has 5 nitrogen and oxygen atoms in total. The van der Waals surface area contributed by atoms with E-state index in [9.17, 15) is 0 Å². The van der Waals surface area contributed by atoms with Gasteiger partial charge in [-0.1, -0.05) is 176 Å². The number of nitrogens with zero attached hydrogens (tertiary/aromatic N) is 5. The van der Waals surface area contributed by atoms with Crippen molar-refractivity contribution in [1.29, 1.82) is 0 Å².